The number of phenolic OH excluding ortho intramolecular Hbond substituents is 1. The van der Waals surface area contributed by atoms with Gasteiger partial charge in [-0.3, -0.25) is 0 Å². The topological polar surface area (TPSA) is 102 Å². The molecule has 1 heterocycles. The lowest BCUT2D eigenvalue weighted by Gasteiger charge is -2.13. The first kappa shape index (κ1) is 20.9. The van der Waals surface area contributed by atoms with Gasteiger partial charge in [-0.15, -0.1) is 0 Å². The van der Waals surface area contributed by atoms with E-state index in [1.165, 1.54) is 0 Å². The molecule has 0 spiro atoms. The highest BCUT2D eigenvalue weighted by atomic mass is 16.6. The molecule has 1 aromatic carbocycles. The predicted molar refractivity (Wildman–Crippen MR) is 95.1 cm³/mol. The van der Waals surface area contributed by atoms with Crippen molar-refractivity contribution in [3.63, 3.8) is 0 Å². The fourth-order valence-corrected chi connectivity index (χ4v) is 2.37. The highest BCUT2D eigenvalue weighted by molar-refractivity contribution is 5.52. The maximum atomic E-state index is 10.4. The van der Waals surface area contributed by atoms with Gasteiger partial charge in [-0.25, -0.2) is 0 Å². The van der Waals surface area contributed by atoms with Gasteiger partial charge in [-0.1, -0.05) is 0 Å². The van der Waals surface area contributed by atoms with Gasteiger partial charge in [0.2, 0.25) is 0 Å². The molecule has 0 fully saturated rings. The van der Waals surface area contributed by atoms with E-state index in [0.29, 0.717) is 82.9 Å². The summed E-state index contributed by atoms with van der Waals surface area (Å²) in [7, 11) is 0. The second-order valence-electron chi connectivity index (χ2n) is 5.74. The minimum Gasteiger partial charge on any atom is -0.507 e. The zero-order valence-corrected chi connectivity index (χ0v) is 15.1. The first-order valence-corrected chi connectivity index (χ1v) is 8.84. The number of ether oxygens (including phenoxy) is 6. The van der Waals surface area contributed by atoms with Gasteiger partial charge in [0.15, 0.2) is 0 Å². The van der Waals surface area contributed by atoms with Crippen LogP contribution >= 0.6 is 0 Å². The fourth-order valence-electron chi connectivity index (χ4n) is 2.37. The van der Waals surface area contributed by atoms with E-state index < -0.39 is 0 Å². The first-order chi connectivity index (χ1) is 12.8. The average Bonchev–Trinajstić information content (AvgIpc) is 2.63. The van der Waals surface area contributed by atoms with Gasteiger partial charge >= 0.3 is 0 Å². The van der Waals surface area contributed by atoms with Gasteiger partial charge in [-0.2, -0.15) is 0 Å². The highest BCUT2D eigenvalue weighted by Gasteiger charge is 2.10. The Kier molecular flexibility index (Phi) is 10.3. The smallest absolute Gasteiger partial charge is 0.126 e. The summed E-state index contributed by atoms with van der Waals surface area (Å²) >= 11 is 0. The van der Waals surface area contributed by atoms with E-state index in [9.17, 15) is 5.11 Å². The van der Waals surface area contributed by atoms with Crippen molar-refractivity contribution in [1.29, 1.82) is 0 Å². The maximum Gasteiger partial charge on any atom is 0.126 e. The molecule has 0 unspecified atom stereocenters. The summed E-state index contributed by atoms with van der Waals surface area (Å²) in [5.74, 6) is 0.147. The number of anilines is 1. The Morgan fingerprint density at radius 1 is 0.577 bits per heavy atom. The Balaban J connectivity index is 1.85. The number of aromatic hydroxyl groups is 1. The third kappa shape index (κ3) is 8.31. The second kappa shape index (κ2) is 12.9. The molecule has 0 atom stereocenters. The van der Waals surface area contributed by atoms with Crippen LogP contribution in [-0.2, 0) is 41.6 Å². The van der Waals surface area contributed by atoms with Crippen LogP contribution in [0.1, 0.15) is 11.1 Å². The Morgan fingerprint density at radius 2 is 0.885 bits per heavy atom. The molecule has 0 saturated carbocycles. The summed E-state index contributed by atoms with van der Waals surface area (Å²) in [5.41, 5.74) is 7.72. The lowest BCUT2D eigenvalue weighted by atomic mass is 10.1. The molecule has 0 radical (unpaired) electrons. The van der Waals surface area contributed by atoms with Crippen LogP contribution in [0.15, 0.2) is 12.1 Å². The van der Waals surface area contributed by atoms with E-state index in [1.54, 1.807) is 12.1 Å². The molecule has 148 valence electrons. The number of hydrogen-bond acceptors (Lipinski definition) is 8. The van der Waals surface area contributed by atoms with E-state index in [2.05, 4.69) is 0 Å². The molecular formula is C18H29NO7. The van der Waals surface area contributed by atoms with E-state index in [4.69, 9.17) is 34.2 Å². The highest BCUT2D eigenvalue weighted by Crippen LogP contribution is 2.27. The van der Waals surface area contributed by atoms with E-state index in [-0.39, 0.29) is 19.0 Å². The molecule has 8 heteroatoms. The van der Waals surface area contributed by atoms with Crippen LogP contribution in [0.3, 0.4) is 0 Å². The maximum absolute atomic E-state index is 10.4. The van der Waals surface area contributed by atoms with Crippen molar-refractivity contribution in [2.24, 2.45) is 0 Å². The van der Waals surface area contributed by atoms with Crippen molar-refractivity contribution in [1.82, 2.24) is 0 Å². The van der Waals surface area contributed by atoms with Crippen LogP contribution in [0.2, 0.25) is 0 Å². The Hall–Kier alpha value is -1.42. The largest absolute Gasteiger partial charge is 0.507 e. The van der Waals surface area contributed by atoms with Crippen LogP contribution in [0.25, 0.3) is 0 Å². The van der Waals surface area contributed by atoms with Crippen molar-refractivity contribution in [3.8, 4) is 5.75 Å². The Labute approximate surface area is 154 Å². The van der Waals surface area contributed by atoms with E-state index in [0.717, 1.165) is 0 Å². The molecule has 2 rings (SSSR count). The molecule has 1 aliphatic heterocycles. The molecule has 0 amide bonds. The lowest BCUT2D eigenvalue weighted by molar-refractivity contribution is -0.0181. The first-order valence-electron chi connectivity index (χ1n) is 8.84. The van der Waals surface area contributed by atoms with Crippen LogP contribution in [0.5, 0.6) is 5.75 Å². The third-order valence-electron chi connectivity index (χ3n) is 3.67. The monoisotopic (exact) mass is 371 g/mol. The van der Waals surface area contributed by atoms with E-state index >= 15 is 0 Å². The Morgan fingerprint density at radius 3 is 1.23 bits per heavy atom. The molecule has 8 nitrogen and oxygen atoms in total. The summed E-state index contributed by atoms with van der Waals surface area (Å²) in [5, 5.41) is 10.4. The molecular weight excluding hydrogens is 342 g/mol. The number of rotatable bonds is 0. The molecule has 0 saturated heterocycles. The summed E-state index contributed by atoms with van der Waals surface area (Å²) in [6.07, 6.45) is 0. The SMILES string of the molecule is Nc1cc2c(O)c(c1)COCCOCCOCCOCCOCCOC2. The number of benzene rings is 1. The van der Waals surface area contributed by atoms with Crippen LogP contribution < -0.4 is 5.73 Å². The predicted octanol–water partition coefficient (Wildman–Crippen LogP) is 1.09. The second-order valence-corrected chi connectivity index (χ2v) is 5.74. The zero-order chi connectivity index (χ0) is 18.5. The molecule has 0 aromatic heterocycles. The van der Waals surface area contributed by atoms with Gasteiger partial charge < -0.3 is 39.3 Å². The van der Waals surface area contributed by atoms with Crippen LogP contribution in [0, 0.1) is 0 Å². The number of phenols is 1. The van der Waals surface area contributed by atoms with E-state index in [1.807, 2.05) is 0 Å². The summed E-state index contributed by atoms with van der Waals surface area (Å²) < 4.78 is 32.7. The number of fused-ring (bicyclic) bond motifs is 2. The molecule has 1 aromatic rings. The minimum atomic E-state index is 0.147. The van der Waals surface area contributed by atoms with Crippen molar-refractivity contribution >= 4 is 5.69 Å². The average molecular weight is 371 g/mol. The van der Waals surface area contributed by atoms with Crippen molar-refractivity contribution in [2.75, 3.05) is 71.8 Å². The van der Waals surface area contributed by atoms with Crippen molar-refractivity contribution in [2.45, 2.75) is 13.2 Å². The number of nitrogens with two attached hydrogens (primary N) is 1. The van der Waals surface area contributed by atoms with Gasteiger partial charge in [0, 0.05) is 16.8 Å². The summed E-state index contributed by atoms with van der Waals surface area (Å²) in [6, 6.07) is 3.40. The molecule has 26 heavy (non-hydrogen) atoms. The minimum absolute atomic E-state index is 0.147. The molecule has 2 bridgehead atoms. The van der Waals surface area contributed by atoms with Gasteiger partial charge in [0.05, 0.1) is 79.3 Å². The van der Waals surface area contributed by atoms with Gasteiger partial charge in [0.25, 0.3) is 0 Å². The van der Waals surface area contributed by atoms with Crippen LogP contribution in [-0.4, -0.2) is 71.2 Å². The zero-order valence-electron chi connectivity index (χ0n) is 15.1. The third-order valence-corrected chi connectivity index (χ3v) is 3.67. The molecule has 0 aliphatic carbocycles. The van der Waals surface area contributed by atoms with Gasteiger partial charge in [-0.05, 0) is 12.1 Å². The molecule has 1 aliphatic rings. The van der Waals surface area contributed by atoms with Crippen molar-refractivity contribution in [3.05, 3.63) is 23.3 Å². The normalized spacial score (nSPS) is 20.2. The number of nitrogen functional groups attached to an aromatic ring is 1. The summed E-state index contributed by atoms with van der Waals surface area (Å²) in [6.45, 7) is 5.32. The quantitative estimate of drug-likeness (QED) is 0.516. The molecule has 3 N–H and O–H groups in total. The fraction of sp³-hybridized carbons (Fsp3) is 0.667. The summed E-state index contributed by atoms with van der Waals surface area (Å²) in [4.78, 5) is 0. The Bertz CT molecular complexity index is 471. The van der Waals surface area contributed by atoms with Gasteiger partial charge in [0.1, 0.15) is 5.75 Å². The van der Waals surface area contributed by atoms with Crippen molar-refractivity contribution < 1.29 is 33.5 Å². The lowest BCUT2D eigenvalue weighted by Crippen LogP contribution is -2.13. The standard InChI is InChI=1S/C18H29NO7/c19-17-11-15-13-25-9-7-23-5-3-21-1-2-22-4-6-24-8-10-26-14-16(12-17)18(15)20/h11-12,20H,1-10,13-14,19H2. The number of hydrogen-bond donors (Lipinski definition) is 2. The van der Waals surface area contributed by atoms with Crippen LogP contribution in [0.4, 0.5) is 5.69 Å².